The lowest BCUT2D eigenvalue weighted by atomic mass is 10.2. The maximum absolute atomic E-state index is 11.5. The summed E-state index contributed by atoms with van der Waals surface area (Å²) >= 11 is 3.14. The van der Waals surface area contributed by atoms with E-state index in [0.29, 0.717) is 0 Å². The zero-order chi connectivity index (χ0) is 11.4. The van der Waals surface area contributed by atoms with Gasteiger partial charge in [-0.15, -0.1) is 12.4 Å². The molecule has 0 spiro atoms. The Hall–Kier alpha value is -1.33. The average molecular weight is 318 g/mol. The lowest BCUT2D eigenvalue weighted by Crippen LogP contribution is -2.05. The third-order valence-electron chi connectivity index (χ3n) is 1.97. The van der Waals surface area contributed by atoms with Crippen LogP contribution < -0.4 is 0 Å². The Morgan fingerprint density at radius 2 is 2.06 bits per heavy atom. The summed E-state index contributed by atoms with van der Waals surface area (Å²) in [4.78, 5) is 15.4. The van der Waals surface area contributed by atoms with E-state index in [0.717, 1.165) is 5.56 Å². The number of rotatable bonds is 3. The second kappa shape index (κ2) is 6.42. The largest absolute Gasteiger partial charge is 0.456 e. The number of hydrogen-bond acceptors (Lipinski definition) is 3. The molecule has 17 heavy (non-hydrogen) atoms. The summed E-state index contributed by atoms with van der Waals surface area (Å²) in [6.07, 6.45) is 3.03. The summed E-state index contributed by atoms with van der Waals surface area (Å²) in [5.74, 6) is -0.429. The second-order valence-corrected chi connectivity index (χ2v) is 3.98. The van der Waals surface area contributed by atoms with E-state index < -0.39 is 5.97 Å². The van der Waals surface area contributed by atoms with Gasteiger partial charge in [-0.25, -0.2) is 9.78 Å². The fourth-order valence-electron chi connectivity index (χ4n) is 1.20. The normalized spacial score (nSPS) is 9.47. The lowest BCUT2D eigenvalue weighted by molar-refractivity contribution is 0.0466. The molecule has 4 nitrogen and oxygen atoms in total. The number of imidazole rings is 1. The van der Waals surface area contributed by atoms with E-state index >= 15 is 0 Å². The summed E-state index contributed by atoms with van der Waals surface area (Å²) in [5, 5.41) is 0. The van der Waals surface area contributed by atoms with Crippen LogP contribution in [0.3, 0.4) is 0 Å². The van der Waals surface area contributed by atoms with Gasteiger partial charge in [0.25, 0.3) is 0 Å². The molecule has 0 amide bonds. The van der Waals surface area contributed by atoms with Gasteiger partial charge in [0.15, 0.2) is 5.69 Å². The number of carbonyl (C=O) groups is 1. The summed E-state index contributed by atoms with van der Waals surface area (Å²) < 4.78 is 6.61. The first-order chi connectivity index (χ1) is 7.75. The molecule has 0 bridgehead atoms. The molecule has 0 aliphatic rings. The summed E-state index contributed by atoms with van der Waals surface area (Å²) in [6, 6.07) is 9.51. The molecule has 0 aliphatic carbocycles. The van der Waals surface area contributed by atoms with Crippen molar-refractivity contribution in [3.8, 4) is 0 Å². The fraction of sp³-hybridized carbons (Fsp3) is 0.0909. The molecule has 0 saturated heterocycles. The number of ether oxygens (including phenoxy) is 1. The molecule has 0 saturated carbocycles. The molecule has 0 atom stereocenters. The van der Waals surface area contributed by atoms with E-state index in [1.54, 1.807) is 6.20 Å². The Balaban J connectivity index is 0.00000144. The summed E-state index contributed by atoms with van der Waals surface area (Å²) in [6.45, 7) is 0.259. The van der Waals surface area contributed by atoms with Crippen molar-refractivity contribution in [3.05, 3.63) is 54.1 Å². The molecule has 2 aromatic rings. The number of carbonyl (C=O) groups excluding carboxylic acids is 1. The Kier molecular flexibility index (Phi) is 5.18. The molecule has 2 rings (SSSR count). The third kappa shape index (κ3) is 3.87. The van der Waals surface area contributed by atoms with Gasteiger partial charge in [0.1, 0.15) is 12.9 Å². The smallest absolute Gasteiger partial charge is 0.358 e. The van der Waals surface area contributed by atoms with Gasteiger partial charge in [-0.3, -0.25) is 3.59 Å². The van der Waals surface area contributed by atoms with Crippen molar-refractivity contribution in [2.24, 2.45) is 0 Å². The van der Waals surface area contributed by atoms with Crippen molar-refractivity contribution in [2.75, 3.05) is 0 Å². The first-order valence-electron chi connectivity index (χ1n) is 4.67. The van der Waals surface area contributed by atoms with Crippen molar-refractivity contribution in [2.45, 2.75) is 6.61 Å². The Bertz CT molecular complexity index is 487. The molecule has 90 valence electrons. The molecular formula is C11H10BrClN2O2. The van der Waals surface area contributed by atoms with Crippen LogP contribution in [0.5, 0.6) is 0 Å². The van der Waals surface area contributed by atoms with Crippen LogP contribution in [0.4, 0.5) is 0 Å². The van der Waals surface area contributed by atoms with Crippen molar-refractivity contribution in [1.82, 2.24) is 8.58 Å². The van der Waals surface area contributed by atoms with Crippen molar-refractivity contribution < 1.29 is 9.53 Å². The van der Waals surface area contributed by atoms with Crippen LogP contribution in [-0.2, 0) is 11.3 Å². The van der Waals surface area contributed by atoms with Crippen LogP contribution in [0.2, 0.25) is 0 Å². The zero-order valence-electron chi connectivity index (χ0n) is 8.75. The van der Waals surface area contributed by atoms with Gasteiger partial charge >= 0.3 is 5.97 Å². The topological polar surface area (TPSA) is 44.1 Å². The van der Waals surface area contributed by atoms with E-state index in [4.69, 9.17) is 4.74 Å². The minimum atomic E-state index is -0.429. The van der Waals surface area contributed by atoms with Crippen LogP contribution in [0.1, 0.15) is 16.1 Å². The van der Waals surface area contributed by atoms with E-state index in [-0.39, 0.29) is 24.7 Å². The lowest BCUT2D eigenvalue weighted by Gasteiger charge is -2.02. The van der Waals surface area contributed by atoms with Gasteiger partial charge in [0, 0.05) is 0 Å². The highest BCUT2D eigenvalue weighted by Crippen LogP contribution is 2.05. The first kappa shape index (κ1) is 13.7. The number of halogens is 2. The molecule has 0 radical (unpaired) electrons. The molecule has 1 aromatic heterocycles. The van der Waals surface area contributed by atoms with Gasteiger partial charge in [0.05, 0.1) is 22.3 Å². The predicted molar refractivity (Wildman–Crippen MR) is 69.4 cm³/mol. The fourth-order valence-corrected chi connectivity index (χ4v) is 1.49. The average Bonchev–Trinajstić information content (AvgIpc) is 2.74. The van der Waals surface area contributed by atoms with Gasteiger partial charge in [-0.1, -0.05) is 30.3 Å². The summed E-state index contributed by atoms with van der Waals surface area (Å²) in [7, 11) is 0. The number of esters is 1. The first-order valence-corrected chi connectivity index (χ1v) is 5.38. The molecule has 6 heteroatoms. The maximum Gasteiger partial charge on any atom is 0.358 e. The highest BCUT2D eigenvalue weighted by Gasteiger charge is 2.10. The number of nitrogens with zero attached hydrogens (tertiary/aromatic N) is 2. The Morgan fingerprint density at radius 3 is 2.65 bits per heavy atom. The number of aromatic nitrogens is 2. The molecule has 1 aromatic carbocycles. The van der Waals surface area contributed by atoms with E-state index in [1.807, 2.05) is 30.3 Å². The van der Waals surface area contributed by atoms with Crippen molar-refractivity contribution in [1.29, 1.82) is 0 Å². The van der Waals surface area contributed by atoms with E-state index in [9.17, 15) is 4.79 Å². The molecule has 0 aliphatic heterocycles. The van der Waals surface area contributed by atoms with Gasteiger partial charge < -0.3 is 4.74 Å². The highest BCUT2D eigenvalue weighted by atomic mass is 79.9. The maximum atomic E-state index is 11.5. The molecule has 0 fully saturated rings. The Morgan fingerprint density at radius 1 is 1.35 bits per heavy atom. The quantitative estimate of drug-likeness (QED) is 0.818. The number of hydrogen-bond donors (Lipinski definition) is 0. The molecule has 0 unspecified atom stereocenters. The molecule has 0 N–H and O–H groups in total. The predicted octanol–water partition coefficient (Wildman–Crippen LogP) is 2.82. The minimum Gasteiger partial charge on any atom is -0.456 e. The van der Waals surface area contributed by atoms with Crippen LogP contribution in [-0.4, -0.2) is 14.5 Å². The third-order valence-corrected chi connectivity index (χ3v) is 2.36. The van der Waals surface area contributed by atoms with E-state index in [1.165, 1.54) is 9.92 Å². The molecular weight excluding hydrogens is 307 g/mol. The van der Waals surface area contributed by atoms with Gasteiger partial charge in [0.2, 0.25) is 0 Å². The van der Waals surface area contributed by atoms with Crippen LogP contribution >= 0.6 is 28.6 Å². The van der Waals surface area contributed by atoms with Crippen molar-refractivity contribution >= 4 is 34.5 Å². The monoisotopic (exact) mass is 316 g/mol. The van der Waals surface area contributed by atoms with Crippen LogP contribution in [0.25, 0.3) is 0 Å². The van der Waals surface area contributed by atoms with Gasteiger partial charge in [-0.05, 0) is 5.56 Å². The van der Waals surface area contributed by atoms with Crippen molar-refractivity contribution in [3.63, 3.8) is 0 Å². The summed E-state index contributed by atoms with van der Waals surface area (Å²) in [5.41, 5.74) is 1.24. The Labute approximate surface area is 113 Å². The highest BCUT2D eigenvalue weighted by molar-refractivity contribution is 9.08. The second-order valence-electron chi connectivity index (χ2n) is 3.16. The van der Waals surface area contributed by atoms with Gasteiger partial charge in [-0.2, -0.15) is 0 Å². The van der Waals surface area contributed by atoms with Crippen LogP contribution in [0.15, 0.2) is 42.9 Å². The van der Waals surface area contributed by atoms with Crippen LogP contribution in [0, 0.1) is 0 Å². The van der Waals surface area contributed by atoms with E-state index in [2.05, 4.69) is 21.1 Å². The molecule has 1 heterocycles. The minimum absolute atomic E-state index is 0. The zero-order valence-corrected chi connectivity index (χ0v) is 11.1. The SMILES string of the molecule is Cl.O=C(OCc1ccccc1)c1cn(Br)cn1. The number of benzene rings is 1. The standard InChI is InChI=1S/C11H9BrN2O2.ClH/c12-14-6-10(13-8-14)11(15)16-7-9-4-2-1-3-5-9;/h1-6,8H,7H2;1H.